The van der Waals surface area contributed by atoms with Gasteiger partial charge in [0.1, 0.15) is 5.57 Å². The number of alkyl halides is 3. The number of carbonyl (C=O) groups excluding carboxylic acids is 1. The van der Waals surface area contributed by atoms with Gasteiger partial charge in [0.2, 0.25) is 0 Å². The topological polar surface area (TPSA) is 52.3 Å². The summed E-state index contributed by atoms with van der Waals surface area (Å²) in [6, 6.07) is 19.9. The zero-order chi connectivity index (χ0) is 24.9. The van der Waals surface area contributed by atoms with Gasteiger partial charge >= 0.3 is 6.48 Å². The maximum absolute atomic E-state index is 13.2. The Morgan fingerprint density at radius 2 is 1.61 bits per heavy atom. The van der Waals surface area contributed by atoms with Gasteiger partial charge in [0.15, 0.2) is 17.4 Å². The Bertz CT molecular complexity index is 1290. The molecule has 4 aliphatic carbocycles. The van der Waals surface area contributed by atoms with Crippen molar-refractivity contribution in [1.82, 2.24) is 5.32 Å². The molecule has 7 rings (SSSR count). The minimum Gasteiger partial charge on any atom is -0.638 e. The van der Waals surface area contributed by atoms with E-state index in [0.717, 1.165) is 41.5 Å². The first-order valence-electron chi connectivity index (χ1n) is 12.9. The number of Topliss-reactive ketones (excluding diaryl/α,β-unsaturated/α-hetero) is 1. The molecule has 5 atom stereocenters. The number of ketones is 1. The summed E-state index contributed by atoms with van der Waals surface area (Å²) in [6.07, 6.45) is 6.20. The second kappa shape index (κ2) is 7.55. The number of hydrogen-bond acceptors (Lipinski definition) is 3. The lowest BCUT2D eigenvalue weighted by molar-refractivity contribution is -0.326. The van der Waals surface area contributed by atoms with Crippen molar-refractivity contribution >= 4 is 63.7 Å². The van der Waals surface area contributed by atoms with Crippen molar-refractivity contribution in [2.24, 2.45) is 23.2 Å². The Morgan fingerprint density at radius 3 is 2.14 bits per heavy atom. The van der Waals surface area contributed by atoms with Gasteiger partial charge in [-0.3, -0.25) is 4.79 Å². The summed E-state index contributed by atoms with van der Waals surface area (Å²) < 4.78 is 5.16. The number of halogens is 3. The molecule has 4 nitrogen and oxygen atoms in total. The third-order valence-corrected chi connectivity index (χ3v) is 10.6. The molecule has 186 valence electrons. The van der Waals surface area contributed by atoms with Crippen molar-refractivity contribution in [3.8, 4) is 0 Å². The van der Waals surface area contributed by atoms with E-state index in [1.54, 1.807) is 0 Å². The molecule has 2 N–H and O–H groups in total. The number of hydrogen-bond donors (Lipinski definition) is 2. The van der Waals surface area contributed by atoms with Crippen molar-refractivity contribution < 1.29 is 14.4 Å². The average molecular weight is 542 g/mol. The molecule has 2 bridgehead atoms. The van der Waals surface area contributed by atoms with Crippen molar-refractivity contribution in [2.45, 2.75) is 48.4 Å². The first-order valence-corrected chi connectivity index (χ1v) is 14.0. The second-order valence-electron chi connectivity index (χ2n) is 11.6. The second-order valence-corrected chi connectivity index (χ2v) is 13.9. The lowest BCUT2D eigenvalue weighted by Gasteiger charge is -2.73. The monoisotopic (exact) mass is 540 g/mol. The van der Waals surface area contributed by atoms with Gasteiger partial charge in [-0.2, -0.15) is 0 Å². The van der Waals surface area contributed by atoms with E-state index >= 15 is 0 Å². The molecule has 2 aromatic rings. The minimum atomic E-state index is -2.09. The number of rotatable bonds is 5. The lowest BCUT2D eigenvalue weighted by Crippen LogP contribution is -3.03. The molecule has 0 saturated heterocycles. The minimum absolute atomic E-state index is 0.0508. The molecular weight excluding hydrogens is 513 g/mol. The zero-order valence-corrected chi connectivity index (χ0v) is 22.3. The summed E-state index contributed by atoms with van der Waals surface area (Å²) in [5.74, 6) is 2.55. The van der Waals surface area contributed by atoms with Crippen LogP contribution >= 0.6 is 34.8 Å². The van der Waals surface area contributed by atoms with Gasteiger partial charge < -0.3 is 14.9 Å². The molecule has 0 amide bonds. The number of fused-ring (bicyclic) bond motifs is 1. The lowest BCUT2D eigenvalue weighted by atomic mass is 9.35. The van der Waals surface area contributed by atoms with Gasteiger partial charge in [0.25, 0.3) is 3.79 Å². The predicted molar refractivity (Wildman–Crippen MR) is 145 cm³/mol. The summed E-state index contributed by atoms with van der Waals surface area (Å²) in [5.41, 5.74) is 2.66. The fraction of sp³-hybridized carbons (Fsp3) is 0.429. The van der Waals surface area contributed by atoms with Crippen LogP contribution in [0.15, 0.2) is 72.1 Å². The predicted octanol–water partition coefficient (Wildman–Crippen LogP) is 3.13. The molecule has 1 heterocycles. The first kappa shape index (κ1) is 23.2. The zero-order valence-electron chi connectivity index (χ0n) is 20.1. The molecule has 1 aliphatic heterocycles. The van der Waals surface area contributed by atoms with E-state index in [2.05, 4.69) is 10.2 Å². The van der Waals surface area contributed by atoms with E-state index in [0.29, 0.717) is 16.9 Å². The molecular formula is C28H28BCl3N2O2. The Balaban J connectivity index is 1.42. The van der Waals surface area contributed by atoms with Gasteiger partial charge in [-0.25, -0.2) is 0 Å². The van der Waals surface area contributed by atoms with Crippen molar-refractivity contribution in [1.29, 1.82) is 0 Å². The summed E-state index contributed by atoms with van der Waals surface area (Å²) >= 11 is 19.7. The van der Waals surface area contributed by atoms with Gasteiger partial charge in [-0.15, -0.1) is 0 Å². The summed E-state index contributed by atoms with van der Waals surface area (Å²) in [6.45, 7) is -0.582. The van der Waals surface area contributed by atoms with Gasteiger partial charge in [-0.1, -0.05) is 106 Å². The van der Waals surface area contributed by atoms with Gasteiger partial charge in [-0.05, 0) is 62.2 Å². The van der Waals surface area contributed by atoms with Crippen LogP contribution in [0.3, 0.4) is 0 Å². The van der Waals surface area contributed by atoms with Gasteiger partial charge in [0, 0.05) is 5.54 Å². The Labute approximate surface area is 226 Å². The third-order valence-electron chi connectivity index (χ3n) is 10.0. The van der Waals surface area contributed by atoms with Crippen molar-refractivity contribution in [3.63, 3.8) is 0 Å². The number of carbonyl (C=O) groups is 1. The van der Waals surface area contributed by atoms with Crippen LogP contribution in [0.2, 0.25) is 0 Å². The molecule has 2 aromatic carbocycles. The van der Waals surface area contributed by atoms with E-state index in [4.69, 9.17) is 39.5 Å². The van der Waals surface area contributed by atoms with Crippen LogP contribution in [0.25, 0.3) is 0 Å². The highest BCUT2D eigenvalue weighted by Crippen LogP contribution is 2.82. The number of benzene rings is 2. The quantitative estimate of drug-likeness (QED) is 0.452. The molecule has 1 spiro atoms. The van der Waals surface area contributed by atoms with Crippen LogP contribution in [0.5, 0.6) is 0 Å². The first-order chi connectivity index (χ1) is 17.2. The van der Waals surface area contributed by atoms with Gasteiger partial charge in [0.05, 0.1) is 0 Å². The van der Waals surface area contributed by atoms with E-state index in [1.165, 1.54) is 26.2 Å². The molecule has 4 fully saturated rings. The molecule has 0 radical (unpaired) electrons. The van der Waals surface area contributed by atoms with Crippen LogP contribution in [-0.2, 0) is 9.45 Å². The summed E-state index contributed by atoms with van der Waals surface area (Å²) in [7, 11) is 0. The van der Waals surface area contributed by atoms with Crippen LogP contribution in [0.4, 0.5) is 0 Å². The smallest absolute Gasteiger partial charge is 0.507 e. The normalized spacial score (nSPS) is 35.2. The van der Waals surface area contributed by atoms with Crippen molar-refractivity contribution in [2.75, 3.05) is 0 Å². The molecule has 5 aliphatic rings. The van der Waals surface area contributed by atoms with E-state index in [-0.39, 0.29) is 17.0 Å². The van der Waals surface area contributed by atoms with Crippen LogP contribution < -0.4 is 21.1 Å². The highest BCUT2D eigenvalue weighted by Gasteiger charge is 2.81. The summed E-state index contributed by atoms with van der Waals surface area (Å²) in [4.78, 5) is 16.6. The van der Waals surface area contributed by atoms with Crippen molar-refractivity contribution in [3.05, 3.63) is 72.1 Å². The maximum atomic E-state index is 13.2. The fourth-order valence-corrected chi connectivity index (χ4v) is 9.32. The summed E-state index contributed by atoms with van der Waals surface area (Å²) in [5, 5.41) is 3.86. The fourth-order valence-electron chi connectivity index (χ4n) is 8.87. The Morgan fingerprint density at radius 1 is 0.972 bits per heavy atom. The maximum Gasteiger partial charge on any atom is 0.507 e. The Kier molecular flexibility index (Phi) is 4.87. The van der Waals surface area contributed by atoms with Crippen LogP contribution in [0, 0.1) is 23.2 Å². The van der Waals surface area contributed by atoms with E-state index < -0.39 is 10.3 Å². The molecule has 5 unspecified atom stereocenters. The largest absolute Gasteiger partial charge is 0.638 e. The third kappa shape index (κ3) is 2.91. The van der Waals surface area contributed by atoms with Crippen LogP contribution in [0.1, 0.15) is 39.0 Å². The van der Waals surface area contributed by atoms with E-state index in [9.17, 15) is 4.79 Å². The highest BCUT2D eigenvalue weighted by molar-refractivity contribution is 6.92. The number of allylic oxidation sites excluding steroid dienone is 1. The highest BCUT2D eigenvalue weighted by atomic mass is 35.6. The number of nitrogens with one attached hydrogen (secondary N) is 2. The van der Waals surface area contributed by atoms with Crippen LogP contribution in [-0.4, -0.2) is 27.3 Å². The molecule has 8 heteroatoms. The molecule has 0 aromatic heterocycles. The SMILES string of the molecule is CC(=O)C1=C(NC23CC4CC5CC(C2)C53C4)O[B-](c2ccccc2)(c2ccccc2)[NH+]=C1C(Cl)(Cl)Cl. The molecule has 4 saturated carbocycles. The molecule has 36 heavy (non-hydrogen) atoms. The average Bonchev–Trinajstić information content (AvgIpc) is 3.33. The Hall–Kier alpha value is -1.95. The van der Waals surface area contributed by atoms with E-state index in [1.807, 2.05) is 60.7 Å². The standard InChI is InChI=1S/C28H28BCl3N2O2/c1-17(35)23-24(28(30,31)32)34-29(21-8-4-2-5-9-21,22-10-6-3-7-11-22)36-25(23)33-26-14-18-12-19-13-20(16-26)27(19,26)15-18/h2-11,18-20,33-34H,12-16H2,1H3.